The molecule has 1 nitrogen and oxygen atoms in total. The summed E-state index contributed by atoms with van der Waals surface area (Å²) in [5.41, 5.74) is 0. The predicted molar refractivity (Wildman–Crippen MR) is 45.5 cm³/mol. The summed E-state index contributed by atoms with van der Waals surface area (Å²) < 4.78 is 5.62. The van der Waals surface area contributed by atoms with Crippen molar-refractivity contribution in [3.05, 3.63) is 0 Å². The molecule has 11 heavy (non-hydrogen) atoms. The van der Waals surface area contributed by atoms with Crippen molar-refractivity contribution in [2.75, 3.05) is 0 Å². The first-order chi connectivity index (χ1) is 5.27. The van der Waals surface area contributed by atoms with E-state index in [1.165, 1.54) is 25.7 Å². The lowest BCUT2D eigenvalue weighted by molar-refractivity contribution is 0.317. The van der Waals surface area contributed by atoms with Gasteiger partial charge in [-0.3, -0.25) is 0 Å². The van der Waals surface area contributed by atoms with Crippen LogP contribution in [0.1, 0.15) is 39.5 Å². The molecule has 1 saturated heterocycles. The third-order valence-electron chi connectivity index (χ3n) is 3.17. The van der Waals surface area contributed by atoms with Crippen LogP contribution >= 0.6 is 0 Å². The van der Waals surface area contributed by atoms with Crippen LogP contribution in [0.4, 0.5) is 0 Å². The minimum absolute atomic E-state index is 0.637. The van der Waals surface area contributed by atoms with Gasteiger partial charge in [-0.05, 0) is 24.7 Å². The second kappa shape index (κ2) is 2.78. The molecule has 2 aliphatic rings. The fourth-order valence-electron chi connectivity index (χ4n) is 2.31. The van der Waals surface area contributed by atoms with Crippen LogP contribution in [-0.2, 0) is 4.74 Å². The fourth-order valence-corrected chi connectivity index (χ4v) is 2.31. The lowest BCUT2D eigenvalue weighted by atomic mass is 9.88. The van der Waals surface area contributed by atoms with Gasteiger partial charge in [-0.15, -0.1) is 0 Å². The maximum absolute atomic E-state index is 5.62. The Bertz CT molecular complexity index is 144. The second-order valence-corrected chi connectivity index (χ2v) is 4.39. The van der Waals surface area contributed by atoms with E-state index >= 15 is 0 Å². The van der Waals surface area contributed by atoms with Gasteiger partial charge in [0, 0.05) is 0 Å². The minimum Gasteiger partial charge on any atom is -0.369 e. The van der Waals surface area contributed by atoms with Crippen molar-refractivity contribution in [3.8, 4) is 0 Å². The van der Waals surface area contributed by atoms with E-state index in [0.717, 1.165) is 11.8 Å². The Labute approximate surface area is 69.1 Å². The summed E-state index contributed by atoms with van der Waals surface area (Å²) >= 11 is 0. The van der Waals surface area contributed by atoms with Crippen molar-refractivity contribution >= 4 is 0 Å². The normalized spacial score (nSPS) is 50.7. The van der Waals surface area contributed by atoms with Crippen LogP contribution in [0.2, 0.25) is 0 Å². The molecule has 0 bridgehead atoms. The summed E-state index contributed by atoms with van der Waals surface area (Å²) in [6.45, 7) is 4.69. The maximum Gasteiger partial charge on any atom is 0.0867 e. The average Bonchev–Trinajstić information content (AvgIpc) is 2.64. The fraction of sp³-hybridized carbons (Fsp3) is 1.00. The van der Waals surface area contributed by atoms with Gasteiger partial charge in [0.1, 0.15) is 0 Å². The van der Waals surface area contributed by atoms with Crippen LogP contribution in [0.5, 0.6) is 0 Å². The number of rotatable bonds is 0. The lowest BCUT2D eigenvalue weighted by Crippen LogP contribution is -2.13. The summed E-state index contributed by atoms with van der Waals surface area (Å²) in [4.78, 5) is 0. The van der Waals surface area contributed by atoms with E-state index in [4.69, 9.17) is 4.74 Å². The molecule has 1 heterocycles. The van der Waals surface area contributed by atoms with E-state index in [2.05, 4.69) is 13.8 Å². The predicted octanol–water partition coefficient (Wildman–Crippen LogP) is 2.60. The van der Waals surface area contributed by atoms with E-state index in [-0.39, 0.29) is 0 Å². The van der Waals surface area contributed by atoms with Crippen molar-refractivity contribution in [3.63, 3.8) is 0 Å². The molecule has 0 N–H and O–H groups in total. The van der Waals surface area contributed by atoms with Crippen LogP contribution in [-0.4, -0.2) is 12.2 Å². The molecule has 0 radical (unpaired) electrons. The van der Waals surface area contributed by atoms with Gasteiger partial charge in [0.15, 0.2) is 0 Å². The summed E-state index contributed by atoms with van der Waals surface area (Å²) in [5, 5.41) is 0. The maximum atomic E-state index is 5.62. The van der Waals surface area contributed by atoms with Crippen molar-refractivity contribution in [2.24, 2.45) is 11.8 Å². The highest BCUT2D eigenvalue weighted by molar-refractivity contribution is 4.91. The Morgan fingerprint density at radius 2 is 2.00 bits per heavy atom. The van der Waals surface area contributed by atoms with Crippen molar-refractivity contribution in [1.82, 2.24) is 0 Å². The van der Waals surface area contributed by atoms with Gasteiger partial charge in [-0.1, -0.05) is 26.7 Å². The Hall–Kier alpha value is -0.0400. The topological polar surface area (TPSA) is 12.5 Å². The van der Waals surface area contributed by atoms with Crippen LogP contribution < -0.4 is 0 Å². The molecule has 0 amide bonds. The summed E-state index contributed by atoms with van der Waals surface area (Å²) in [6.07, 6.45) is 6.80. The highest BCUT2D eigenvalue weighted by atomic mass is 16.6. The molecular weight excluding hydrogens is 136 g/mol. The smallest absolute Gasteiger partial charge is 0.0867 e. The van der Waals surface area contributed by atoms with Gasteiger partial charge in [0.2, 0.25) is 0 Å². The van der Waals surface area contributed by atoms with E-state index in [0.29, 0.717) is 12.2 Å². The van der Waals surface area contributed by atoms with E-state index in [1.807, 2.05) is 0 Å². The lowest BCUT2D eigenvalue weighted by Gasteiger charge is -2.15. The summed E-state index contributed by atoms with van der Waals surface area (Å²) in [5.74, 6) is 1.73. The molecule has 64 valence electrons. The van der Waals surface area contributed by atoms with E-state index < -0.39 is 0 Å². The highest BCUT2D eigenvalue weighted by Crippen LogP contribution is 2.39. The van der Waals surface area contributed by atoms with E-state index in [9.17, 15) is 0 Å². The molecule has 0 aromatic heterocycles. The molecule has 2 rings (SSSR count). The molecule has 1 heteroatoms. The first-order valence-corrected chi connectivity index (χ1v) is 4.93. The zero-order valence-electron chi connectivity index (χ0n) is 7.55. The Balaban J connectivity index is 1.91. The number of hydrogen-bond donors (Lipinski definition) is 0. The minimum atomic E-state index is 0.637. The van der Waals surface area contributed by atoms with Gasteiger partial charge in [-0.25, -0.2) is 0 Å². The zero-order valence-corrected chi connectivity index (χ0v) is 7.55. The molecular formula is C10H18O. The SMILES string of the molecule is CC1CCCC(C)C2OC2C1. The van der Waals surface area contributed by atoms with Gasteiger partial charge < -0.3 is 4.74 Å². The number of ether oxygens (including phenoxy) is 1. The van der Waals surface area contributed by atoms with Crippen molar-refractivity contribution in [2.45, 2.75) is 51.7 Å². The van der Waals surface area contributed by atoms with Gasteiger partial charge >= 0.3 is 0 Å². The molecule has 4 atom stereocenters. The van der Waals surface area contributed by atoms with Crippen LogP contribution in [0.25, 0.3) is 0 Å². The average molecular weight is 154 g/mol. The Morgan fingerprint density at radius 3 is 2.82 bits per heavy atom. The molecule has 4 unspecified atom stereocenters. The van der Waals surface area contributed by atoms with Crippen LogP contribution in [0.3, 0.4) is 0 Å². The third-order valence-corrected chi connectivity index (χ3v) is 3.17. The molecule has 1 aliphatic heterocycles. The van der Waals surface area contributed by atoms with Crippen LogP contribution in [0.15, 0.2) is 0 Å². The standard InChI is InChI=1S/C10H18O/c1-7-4-3-5-8(2)10-9(6-7)11-10/h7-10H,3-6H2,1-2H3. The quantitative estimate of drug-likeness (QED) is 0.489. The number of epoxide rings is 1. The second-order valence-electron chi connectivity index (χ2n) is 4.39. The summed E-state index contributed by atoms with van der Waals surface area (Å²) in [6, 6.07) is 0. The molecule has 1 aliphatic carbocycles. The molecule has 0 spiro atoms. The molecule has 2 fully saturated rings. The molecule has 0 aromatic carbocycles. The van der Waals surface area contributed by atoms with Crippen molar-refractivity contribution < 1.29 is 4.74 Å². The summed E-state index contributed by atoms with van der Waals surface area (Å²) in [7, 11) is 0. The monoisotopic (exact) mass is 154 g/mol. The van der Waals surface area contributed by atoms with Crippen LogP contribution in [0, 0.1) is 11.8 Å². The number of hydrogen-bond acceptors (Lipinski definition) is 1. The van der Waals surface area contributed by atoms with Crippen molar-refractivity contribution in [1.29, 1.82) is 0 Å². The molecule has 0 aromatic rings. The van der Waals surface area contributed by atoms with Gasteiger partial charge in [0.05, 0.1) is 12.2 Å². The zero-order chi connectivity index (χ0) is 7.84. The first kappa shape index (κ1) is 7.60. The molecule has 1 saturated carbocycles. The highest BCUT2D eigenvalue weighted by Gasteiger charge is 2.43. The van der Waals surface area contributed by atoms with E-state index in [1.54, 1.807) is 0 Å². The largest absolute Gasteiger partial charge is 0.369 e. The first-order valence-electron chi connectivity index (χ1n) is 4.93. The van der Waals surface area contributed by atoms with Gasteiger partial charge in [-0.2, -0.15) is 0 Å². The Morgan fingerprint density at radius 1 is 1.18 bits per heavy atom. The van der Waals surface area contributed by atoms with Gasteiger partial charge in [0.25, 0.3) is 0 Å². The third kappa shape index (κ3) is 1.58. The Kier molecular flexibility index (Phi) is 1.92. The number of fused-ring (bicyclic) bond motifs is 1.